The van der Waals surface area contributed by atoms with Gasteiger partial charge in [-0.2, -0.15) is 0 Å². The minimum absolute atomic E-state index is 0.0787. The lowest BCUT2D eigenvalue weighted by Gasteiger charge is -2.37. The Morgan fingerprint density at radius 1 is 1.12 bits per heavy atom. The van der Waals surface area contributed by atoms with E-state index >= 15 is 0 Å². The molecule has 0 aromatic carbocycles. The maximum Gasteiger partial charge on any atom is 0.274 e. The Balaban J connectivity index is 1.58. The molecule has 1 amide bonds. The lowest BCUT2D eigenvalue weighted by atomic mass is 10.0. The first-order valence-corrected chi connectivity index (χ1v) is 9.43. The zero-order valence-corrected chi connectivity index (χ0v) is 15.0. The summed E-state index contributed by atoms with van der Waals surface area (Å²) in [6.45, 7) is 3.68. The Morgan fingerprint density at radius 2 is 1.84 bits per heavy atom. The fraction of sp³-hybridized carbons (Fsp3) is 0.706. The summed E-state index contributed by atoms with van der Waals surface area (Å²) in [5, 5.41) is 0.297. The summed E-state index contributed by atoms with van der Waals surface area (Å²) >= 11 is 6.27. The van der Waals surface area contributed by atoms with Crippen LogP contribution in [0, 0.1) is 0 Å². The summed E-state index contributed by atoms with van der Waals surface area (Å²) in [6.07, 6.45) is 6.35. The van der Waals surface area contributed by atoms with Crippen molar-refractivity contribution >= 4 is 23.5 Å². The molecule has 0 bridgehead atoms. The molecule has 1 aromatic heterocycles. The maximum atomic E-state index is 13.2. The minimum Gasteiger partial charge on any atom is -0.348 e. The predicted molar refractivity (Wildman–Crippen MR) is 92.9 cm³/mol. The van der Waals surface area contributed by atoms with Gasteiger partial charge in [0.1, 0.15) is 0 Å². The number of carbonyl (C=O) groups is 1. The van der Waals surface area contributed by atoms with E-state index in [1.165, 1.54) is 6.20 Å². The van der Waals surface area contributed by atoms with Gasteiger partial charge in [0, 0.05) is 19.6 Å². The molecule has 3 fully saturated rings. The second-order valence-corrected chi connectivity index (χ2v) is 7.14. The molecule has 0 spiro atoms. The zero-order chi connectivity index (χ0) is 17.2. The van der Waals surface area contributed by atoms with Gasteiger partial charge < -0.3 is 19.3 Å². The van der Waals surface area contributed by atoms with Crippen LogP contribution in [0.15, 0.2) is 6.20 Å². The fourth-order valence-corrected chi connectivity index (χ4v) is 3.98. The fourth-order valence-electron chi connectivity index (χ4n) is 3.80. The number of hydrogen-bond acceptors (Lipinski definition) is 6. The smallest absolute Gasteiger partial charge is 0.274 e. The van der Waals surface area contributed by atoms with Crippen LogP contribution in [0.25, 0.3) is 0 Å². The Hall–Kier alpha value is -1.44. The van der Waals surface area contributed by atoms with E-state index in [-0.39, 0.29) is 23.9 Å². The highest BCUT2D eigenvalue weighted by Crippen LogP contribution is 2.28. The topological polar surface area (TPSA) is 67.8 Å². The van der Waals surface area contributed by atoms with Gasteiger partial charge in [0.05, 0.1) is 30.5 Å². The van der Waals surface area contributed by atoms with Crippen LogP contribution in [0.4, 0.5) is 5.95 Å². The molecule has 3 saturated heterocycles. The van der Waals surface area contributed by atoms with E-state index in [1.54, 1.807) is 0 Å². The Labute approximate surface area is 152 Å². The van der Waals surface area contributed by atoms with E-state index < -0.39 is 0 Å². The van der Waals surface area contributed by atoms with Crippen LogP contribution < -0.4 is 4.90 Å². The molecule has 0 saturated carbocycles. The van der Waals surface area contributed by atoms with Gasteiger partial charge in [0.15, 0.2) is 12.0 Å². The van der Waals surface area contributed by atoms with Gasteiger partial charge in [0.2, 0.25) is 5.95 Å². The average Bonchev–Trinajstić information content (AvgIpc) is 3.35. The van der Waals surface area contributed by atoms with Crippen LogP contribution in [0.2, 0.25) is 5.02 Å². The van der Waals surface area contributed by atoms with Crippen molar-refractivity contribution in [3.05, 3.63) is 16.9 Å². The molecule has 3 aliphatic rings. The molecule has 4 heterocycles. The van der Waals surface area contributed by atoms with Crippen molar-refractivity contribution < 1.29 is 14.3 Å². The highest BCUT2D eigenvalue weighted by atomic mass is 35.5. The average molecular weight is 367 g/mol. The van der Waals surface area contributed by atoms with Gasteiger partial charge in [-0.15, -0.1) is 0 Å². The first-order chi connectivity index (χ1) is 12.2. The number of aromatic nitrogens is 2. The SMILES string of the molecule is O=C(c1nc(N2CCCC2)ncc1Cl)N1CCCCC1C1OCCO1. The highest BCUT2D eigenvalue weighted by molar-refractivity contribution is 6.33. The summed E-state index contributed by atoms with van der Waals surface area (Å²) < 4.78 is 11.3. The van der Waals surface area contributed by atoms with Crippen LogP contribution >= 0.6 is 11.6 Å². The summed E-state index contributed by atoms with van der Waals surface area (Å²) in [5.41, 5.74) is 0.281. The lowest BCUT2D eigenvalue weighted by molar-refractivity contribution is -0.100. The first kappa shape index (κ1) is 17.0. The van der Waals surface area contributed by atoms with E-state index in [0.717, 1.165) is 45.2 Å². The molecular weight excluding hydrogens is 344 g/mol. The van der Waals surface area contributed by atoms with Crippen molar-refractivity contribution in [2.45, 2.75) is 44.4 Å². The van der Waals surface area contributed by atoms with Crippen molar-refractivity contribution in [2.75, 3.05) is 37.7 Å². The maximum absolute atomic E-state index is 13.2. The number of halogens is 1. The van der Waals surface area contributed by atoms with Gasteiger partial charge >= 0.3 is 0 Å². The molecule has 0 N–H and O–H groups in total. The van der Waals surface area contributed by atoms with Crippen molar-refractivity contribution in [1.29, 1.82) is 0 Å². The number of anilines is 1. The lowest BCUT2D eigenvalue weighted by Crippen LogP contribution is -2.50. The van der Waals surface area contributed by atoms with E-state index in [1.807, 2.05) is 4.90 Å². The van der Waals surface area contributed by atoms with Crippen LogP contribution in [0.3, 0.4) is 0 Å². The molecule has 4 rings (SSSR count). The normalized spacial score (nSPS) is 24.9. The number of nitrogens with zero attached hydrogens (tertiary/aromatic N) is 4. The van der Waals surface area contributed by atoms with Crippen LogP contribution in [0.5, 0.6) is 0 Å². The third kappa shape index (κ3) is 3.45. The highest BCUT2D eigenvalue weighted by Gasteiger charge is 2.37. The van der Waals surface area contributed by atoms with E-state index in [4.69, 9.17) is 21.1 Å². The molecule has 1 atom stereocenters. The monoisotopic (exact) mass is 366 g/mol. The molecule has 1 aromatic rings. The van der Waals surface area contributed by atoms with Crippen molar-refractivity contribution in [3.63, 3.8) is 0 Å². The standard InChI is InChI=1S/C17H23ClN4O3/c18-12-11-19-17(21-6-3-4-7-21)20-14(12)15(23)22-8-2-1-5-13(22)16-24-9-10-25-16/h11,13,16H,1-10H2. The summed E-state index contributed by atoms with van der Waals surface area (Å²) in [6, 6.07) is -0.0787. The van der Waals surface area contributed by atoms with E-state index in [9.17, 15) is 4.79 Å². The van der Waals surface area contributed by atoms with Crippen molar-refractivity contribution in [2.24, 2.45) is 0 Å². The van der Waals surface area contributed by atoms with E-state index in [2.05, 4.69) is 14.9 Å². The van der Waals surface area contributed by atoms with Crippen LogP contribution in [-0.4, -0.2) is 66.0 Å². The molecule has 0 radical (unpaired) electrons. The summed E-state index contributed by atoms with van der Waals surface area (Å²) in [7, 11) is 0. The zero-order valence-electron chi connectivity index (χ0n) is 14.2. The number of hydrogen-bond donors (Lipinski definition) is 0. The van der Waals surface area contributed by atoms with Crippen LogP contribution in [0.1, 0.15) is 42.6 Å². The van der Waals surface area contributed by atoms with Gasteiger partial charge in [-0.3, -0.25) is 4.79 Å². The first-order valence-electron chi connectivity index (χ1n) is 9.06. The Kier molecular flexibility index (Phi) is 5.05. The Morgan fingerprint density at radius 3 is 2.60 bits per heavy atom. The predicted octanol–water partition coefficient (Wildman–Crippen LogP) is 2.10. The molecule has 8 heteroatoms. The number of carbonyl (C=O) groups excluding carboxylic acids is 1. The van der Waals surface area contributed by atoms with Gasteiger partial charge in [-0.25, -0.2) is 9.97 Å². The van der Waals surface area contributed by atoms with Crippen molar-refractivity contribution in [1.82, 2.24) is 14.9 Å². The van der Waals surface area contributed by atoms with Crippen molar-refractivity contribution in [3.8, 4) is 0 Å². The molecule has 0 aliphatic carbocycles. The van der Waals surface area contributed by atoms with Gasteiger partial charge in [-0.05, 0) is 32.1 Å². The molecule has 25 heavy (non-hydrogen) atoms. The molecule has 1 unspecified atom stereocenters. The number of piperidine rings is 1. The number of rotatable bonds is 3. The van der Waals surface area contributed by atoms with Crippen LogP contribution in [-0.2, 0) is 9.47 Å². The number of ether oxygens (including phenoxy) is 2. The second kappa shape index (κ2) is 7.43. The number of amides is 1. The quantitative estimate of drug-likeness (QED) is 0.816. The van der Waals surface area contributed by atoms with Gasteiger partial charge in [-0.1, -0.05) is 11.6 Å². The van der Waals surface area contributed by atoms with E-state index in [0.29, 0.717) is 30.7 Å². The molecule has 3 aliphatic heterocycles. The third-order valence-corrected chi connectivity index (χ3v) is 5.37. The summed E-state index contributed by atoms with van der Waals surface area (Å²) in [5.74, 6) is 0.434. The molecule has 136 valence electrons. The third-order valence-electron chi connectivity index (χ3n) is 5.09. The summed E-state index contributed by atoms with van der Waals surface area (Å²) in [4.78, 5) is 25.9. The number of likely N-dealkylation sites (tertiary alicyclic amines) is 1. The van der Waals surface area contributed by atoms with Gasteiger partial charge in [0.25, 0.3) is 5.91 Å². The minimum atomic E-state index is -0.345. The Bertz CT molecular complexity index is 632. The largest absolute Gasteiger partial charge is 0.348 e. The molecular formula is C17H23ClN4O3. The molecule has 7 nitrogen and oxygen atoms in total. The second-order valence-electron chi connectivity index (χ2n) is 6.73.